The number of aromatic amines is 2. The molecule has 38 heavy (non-hydrogen) atoms. The molecule has 0 spiro atoms. The Hall–Kier alpha value is -4.56. The fourth-order valence-corrected chi connectivity index (χ4v) is 5.41. The van der Waals surface area contributed by atoms with Crippen molar-refractivity contribution < 1.29 is 0 Å². The number of hydrogen-bond acceptors (Lipinski definition) is 5. The van der Waals surface area contributed by atoms with E-state index in [-0.39, 0.29) is 0 Å². The Morgan fingerprint density at radius 2 is 1.68 bits per heavy atom. The van der Waals surface area contributed by atoms with Gasteiger partial charge in [-0.15, -0.1) is 10.2 Å². The Kier molecular flexibility index (Phi) is 5.79. The van der Waals surface area contributed by atoms with Crippen LogP contribution >= 0.6 is 0 Å². The van der Waals surface area contributed by atoms with E-state index in [1.54, 1.807) is 6.20 Å². The van der Waals surface area contributed by atoms with E-state index in [4.69, 9.17) is 4.98 Å². The predicted octanol–water partition coefficient (Wildman–Crippen LogP) is 5.56. The van der Waals surface area contributed by atoms with E-state index in [2.05, 4.69) is 83.0 Å². The van der Waals surface area contributed by atoms with Crippen LogP contribution in [0.1, 0.15) is 30.1 Å². The molecule has 0 bridgehead atoms. The van der Waals surface area contributed by atoms with Gasteiger partial charge in [-0.3, -0.25) is 9.30 Å². The van der Waals surface area contributed by atoms with Gasteiger partial charge in [0.25, 0.3) is 0 Å². The van der Waals surface area contributed by atoms with Crippen molar-refractivity contribution in [3.05, 3.63) is 103 Å². The molecule has 1 saturated heterocycles. The summed E-state index contributed by atoms with van der Waals surface area (Å²) in [5.74, 6) is 2.93. The fourth-order valence-electron chi connectivity index (χ4n) is 5.41. The zero-order valence-electron chi connectivity index (χ0n) is 21.0. The van der Waals surface area contributed by atoms with Crippen LogP contribution < -0.4 is 0 Å². The van der Waals surface area contributed by atoms with Crippen molar-refractivity contribution in [3.8, 4) is 34.0 Å². The lowest BCUT2D eigenvalue weighted by Crippen LogP contribution is -2.32. The lowest BCUT2D eigenvalue weighted by atomic mass is 9.95. The Balaban J connectivity index is 1.05. The second-order valence-electron chi connectivity index (χ2n) is 9.85. The van der Waals surface area contributed by atoms with E-state index in [1.165, 1.54) is 5.56 Å². The number of hydrogen-bond donors (Lipinski definition) is 2. The van der Waals surface area contributed by atoms with Crippen molar-refractivity contribution in [3.63, 3.8) is 0 Å². The van der Waals surface area contributed by atoms with Crippen molar-refractivity contribution in [2.24, 2.45) is 0 Å². The van der Waals surface area contributed by atoms with Crippen LogP contribution in [0, 0.1) is 0 Å². The van der Waals surface area contributed by atoms with Gasteiger partial charge in [0, 0.05) is 42.2 Å². The normalized spacial score (nSPS) is 14.8. The molecular weight excluding hydrogens is 472 g/mol. The summed E-state index contributed by atoms with van der Waals surface area (Å²) in [5.41, 5.74) is 6.52. The van der Waals surface area contributed by atoms with Crippen LogP contribution in [-0.4, -0.2) is 52.5 Å². The van der Waals surface area contributed by atoms with Gasteiger partial charge in [0.2, 0.25) is 5.78 Å². The van der Waals surface area contributed by atoms with Crippen LogP contribution in [0.15, 0.2) is 91.4 Å². The minimum Gasteiger partial charge on any atom is -0.359 e. The van der Waals surface area contributed by atoms with Crippen LogP contribution in [0.25, 0.3) is 39.8 Å². The van der Waals surface area contributed by atoms with Gasteiger partial charge in [-0.1, -0.05) is 54.6 Å². The molecule has 1 fully saturated rings. The number of fused-ring (bicyclic) bond motifs is 1. The van der Waals surface area contributed by atoms with Gasteiger partial charge in [-0.2, -0.15) is 0 Å². The van der Waals surface area contributed by atoms with E-state index in [9.17, 15) is 0 Å². The largest absolute Gasteiger partial charge is 0.359 e. The Morgan fingerprint density at radius 3 is 2.47 bits per heavy atom. The van der Waals surface area contributed by atoms with Crippen LogP contribution in [0.2, 0.25) is 0 Å². The van der Waals surface area contributed by atoms with Crippen LogP contribution in [0.3, 0.4) is 0 Å². The molecular formula is C30H28N8. The molecule has 0 atom stereocenters. The highest BCUT2D eigenvalue weighted by Crippen LogP contribution is 2.33. The molecule has 8 nitrogen and oxygen atoms in total. The van der Waals surface area contributed by atoms with Gasteiger partial charge in [-0.25, -0.2) is 9.97 Å². The van der Waals surface area contributed by atoms with Gasteiger partial charge in [0.1, 0.15) is 5.82 Å². The molecule has 8 heteroatoms. The summed E-state index contributed by atoms with van der Waals surface area (Å²) < 4.78 is 2.07. The molecule has 5 heterocycles. The Bertz CT molecular complexity index is 1640. The Labute approximate surface area is 220 Å². The van der Waals surface area contributed by atoms with Crippen LogP contribution in [-0.2, 0) is 6.54 Å². The number of aromatic nitrogens is 7. The molecule has 2 N–H and O–H groups in total. The summed E-state index contributed by atoms with van der Waals surface area (Å²) in [6, 6.07) is 25.2. The van der Waals surface area contributed by atoms with Gasteiger partial charge in [0.05, 0.1) is 17.1 Å². The summed E-state index contributed by atoms with van der Waals surface area (Å²) in [4.78, 5) is 18.5. The lowest BCUT2D eigenvalue weighted by molar-refractivity contribution is 0.202. The van der Waals surface area contributed by atoms with E-state index >= 15 is 0 Å². The second-order valence-corrected chi connectivity index (χ2v) is 9.85. The molecule has 1 aliphatic heterocycles. The van der Waals surface area contributed by atoms with E-state index < -0.39 is 0 Å². The molecule has 6 aromatic rings. The predicted molar refractivity (Wildman–Crippen MR) is 147 cm³/mol. The molecule has 0 radical (unpaired) electrons. The first-order valence-corrected chi connectivity index (χ1v) is 13.1. The first-order chi connectivity index (χ1) is 18.8. The highest BCUT2D eigenvalue weighted by atomic mass is 15.2. The number of likely N-dealkylation sites (tertiary alicyclic amines) is 1. The maximum absolute atomic E-state index is 4.89. The standard InChI is InChI=1S/C30H28N8/c1-2-6-23(7-3-1)27-26(33-30-32-16-5-17-38(27)30)22-11-9-21(10-12-22)20-37-18-13-24(14-19-37)28-34-29(36-35-28)25-8-4-15-31-25/h1-12,15-17,24,31H,13-14,18-20H2,(H,34,35,36). The molecule has 0 unspecified atom stereocenters. The first kappa shape index (κ1) is 22.6. The smallest absolute Gasteiger partial charge is 0.234 e. The minimum atomic E-state index is 0.421. The molecule has 188 valence electrons. The van der Waals surface area contributed by atoms with Crippen molar-refractivity contribution >= 4 is 5.78 Å². The second kappa shape index (κ2) is 9.72. The van der Waals surface area contributed by atoms with Crippen molar-refractivity contribution in [1.82, 2.24) is 39.4 Å². The topological polar surface area (TPSA) is 90.8 Å². The zero-order chi connectivity index (χ0) is 25.3. The minimum absolute atomic E-state index is 0.421. The third-order valence-corrected chi connectivity index (χ3v) is 7.42. The number of rotatable bonds is 6. The van der Waals surface area contributed by atoms with Crippen molar-refractivity contribution in [2.45, 2.75) is 25.3 Å². The van der Waals surface area contributed by atoms with Gasteiger partial charge >= 0.3 is 0 Å². The monoisotopic (exact) mass is 500 g/mol. The van der Waals surface area contributed by atoms with Crippen molar-refractivity contribution in [2.75, 3.05) is 13.1 Å². The van der Waals surface area contributed by atoms with Crippen molar-refractivity contribution in [1.29, 1.82) is 0 Å². The number of piperidine rings is 1. The number of nitrogens with zero attached hydrogens (tertiary/aromatic N) is 6. The average Bonchev–Trinajstić information content (AvgIpc) is 3.74. The van der Waals surface area contributed by atoms with Crippen LogP contribution in [0.4, 0.5) is 0 Å². The average molecular weight is 501 g/mol. The summed E-state index contributed by atoms with van der Waals surface area (Å²) in [7, 11) is 0. The molecule has 7 rings (SSSR count). The number of H-pyrrole nitrogens is 2. The Morgan fingerprint density at radius 1 is 0.842 bits per heavy atom. The van der Waals surface area contributed by atoms with Gasteiger partial charge < -0.3 is 9.97 Å². The number of benzene rings is 2. The lowest BCUT2D eigenvalue weighted by Gasteiger charge is -2.30. The molecule has 0 saturated carbocycles. The fraction of sp³-hybridized carbons (Fsp3) is 0.200. The zero-order valence-corrected chi connectivity index (χ0v) is 21.0. The number of nitrogens with one attached hydrogen (secondary N) is 2. The van der Waals surface area contributed by atoms with E-state index in [0.717, 1.165) is 72.3 Å². The molecule has 2 aromatic carbocycles. The molecule has 0 aliphatic carbocycles. The number of imidazole rings is 1. The first-order valence-electron chi connectivity index (χ1n) is 13.1. The maximum Gasteiger partial charge on any atom is 0.234 e. The van der Waals surface area contributed by atoms with E-state index in [0.29, 0.717) is 11.7 Å². The highest BCUT2D eigenvalue weighted by Gasteiger charge is 2.24. The third-order valence-electron chi connectivity index (χ3n) is 7.42. The molecule has 4 aromatic heterocycles. The van der Waals surface area contributed by atoms with Gasteiger partial charge in [0.15, 0.2) is 5.82 Å². The van der Waals surface area contributed by atoms with Gasteiger partial charge in [-0.05, 0) is 49.7 Å². The summed E-state index contributed by atoms with van der Waals surface area (Å²) in [6.45, 7) is 3.03. The SMILES string of the molecule is c1ccc(-c2c(-c3ccc(CN4CCC(c5nnc(-c6ccc[nH]6)[nH]5)CC4)cc3)nc3ncccn23)cc1. The van der Waals surface area contributed by atoms with E-state index in [1.807, 2.05) is 36.7 Å². The summed E-state index contributed by atoms with van der Waals surface area (Å²) >= 11 is 0. The summed E-state index contributed by atoms with van der Waals surface area (Å²) in [5, 5.41) is 8.76. The quantitative estimate of drug-likeness (QED) is 0.313. The summed E-state index contributed by atoms with van der Waals surface area (Å²) in [6.07, 6.45) is 7.87. The maximum atomic E-state index is 4.89. The third kappa shape index (κ3) is 4.29. The molecule has 0 amide bonds. The molecule has 1 aliphatic rings. The highest BCUT2D eigenvalue weighted by molar-refractivity contribution is 5.81. The van der Waals surface area contributed by atoms with Crippen LogP contribution in [0.5, 0.6) is 0 Å².